The maximum atomic E-state index is 10.1. The van der Waals surface area contributed by atoms with Crippen LogP contribution in [0.2, 0.25) is 0 Å². The Bertz CT molecular complexity index is 554. The second kappa shape index (κ2) is 7.66. The second-order valence-corrected chi connectivity index (χ2v) is 6.27. The van der Waals surface area contributed by atoms with Gasteiger partial charge in [0.15, 0.2) is 0 Å². The van der Waals surface area contributed by atoms with E-state index in [1.165, 1.54) is 0 Å². The highest BCUT2D eigenvalue weighted by atomic mass is 79.9. The van der Waals surface area contributed by atoms with E-state index in [9.17, 15) is 5.11 Å². The van der Waals surface area contributed by atoms with E-state index in [0.717, 1.165) is 35.1 Å². The molecule has 0 fully saturated rings. The summed E-state index contributed by atoms with van der Waals surface area (Å²) in [6.45, 7) is 4.29. The Morgan fingerprint density at radius 1 is 1.33 bits per heavy atom. The van der Waals surface area contributed by atoms with Crippen molar-refractivity contribution in [1.29, 1.82) is 0 Å². The first-order chi connectivity index (χ1) is 10.1. The zero-order valence-electron chi connectivity index (χ0n) is 12.5. The Kier molecular flexibility index (Phi) is 5.88. The number of halogens is 1. The summed E-state index contributed by atoms with van der Waals surface area (Å²) >= 11 is 3.47. The van der Waals surface area contributed by atoms with Gasteiger partial charge in [-0.05, 0) is 50.1 Å². The van der Waals surface area contributed by atoms with Crippen LogP contribution in [0.15, 0.2) is 45.5 Å². The molecule has 2 unspecified atom stereocenters. The highest BCUT2D eigenvalue weighted by Crippen LogP contribution is 2.29. The quantitative estimate of drug-likeness (QED) is 0.752. The van der Waals surface area contributed by atoms with Crippen LogP contribution in [0.3, 0.4) is 0 Å². The van der Waals surface area contributed by atoms with E-state index in [0.29, 0.717) is 11.8 Å². The fraction of sp³-hybridized carbons (Fsp3) is 0.412. The predicted molar refractivity (Wildman–Crippen MR) is 88.5 cm³/mol. The molecule has 0 radical (unpaired) electrons. The molecule has 0 saturated heterocycles. The maximum absolute atomic E-state index is 10.1. The lowest BCUT2D eigenvalue weighted by molar-refractivity contribution is 0.394. The third-order valence-corrected chi connectivity index (χ3v) is 4.16. The van der Waals surface area contributed by atoms with Gasteiger partial charge in [0.2, 0.25) is 0 Å². The van der Waals surface area contributed by atoms with Gasteiger partial charge in [-0.1, -0.05) is 22.9 Å². The molecule has 0 aliphatic rings. The van der Waals surface area contributed by atoms with Crippen molar-refractivity contribution in [3.8, 4) is 5.75 Å². The largest absolute Gasteiger partial charge is 0.508 e. The molecule has 0 aliphatic carbocycles. The van der Waals surface area contributed by atoms with Crippen molar-refractivity contribution < 1.29 is 9.52 Å². The van der Waals surface area contributed by atoms with Gasteiger partial charge in [0.25, 0.3) is 0 Å². The van der Waals surface area contributed by atoms with Crippen LogP contribution in [0.25, 0.3) is 0 Å². The maximum Gasteiger partial charge on any atom is 0.120 e. The van der Waals surface area contributed by atoms with Crippen LogP contribution in [-0.4, -0.2) is 11.1 Å². The molecular weight excluding hydrogens is 330 g/mol. The third-order valence-electron chi connectivity index (χ3n) is 3.66. The monoisotopic (exact) mass is 351 g/mol. The van der Waals surface area contributed by atoms with Gasteiger partial charge in [0, 0.05) is 28.5 Å². The minimum Gasteiger partial charge on any atom is -0.508 e. The Balaban J connectivity index is 1.96. The molecule has 0 saturated carbocycles. The van der Waals surface area contributed by atoms with Gasteiger partial charge in [0.1, 0.15) is 11.5 Å². The van der Waals surface area contributed by atoms with Crippen LogP contribution in [-0.2, 0) is 6.42 Å². The highest BCUT2D eigenvalue weighted by molar-refractivity contribution is 9.10. The minimum atomic E-state index is 0.147. The number of benzene rings is 1. The van der Waals surface area contributed by atoms with E-state index in [2.05, 4.69) is 35.1 Å². The third kappa shape index (κ3) is 4.61. The van der Waals surface area contributed by atoms with Gasteiger partial charge in [-0.25, -0.2) is 0 Å². The summed E-state index contributed by atoms with van der Waals surface area (Å²) in [5.41, 5.74) is 0.941. The summed E-state index contributed by atoms with van der Waals surface area (Å²) in [7, 11) is 0. The average molecular weight is 352 g/mol. The molecule has 1 aromatic carbocycles. The van der Waals surface area contributed by atoms with Crippen molar-refractivity contribution in [2.75, 3.05) is 0 Å². The summed E-state index contributed by atoms with van der Waals surface area (Å²) in [6.07, 6.45) is 4.55. The van der Waals surface area contributed by atoms with Crippen molar-refractivity contribution >= 4 is 15.9 Å². The lowest BCUT2D eigenvalue weighted by Gasteiger charge is -2.23. The predicted octanol–water partition coefficient (Wildman–Crippen LogP) is 4.81. The SMILES string of the molecule is CCC(NC(C)CCc1ccco1)c1cc(Br)ccc1O. The standard InChI is InChI=1S/C17H22BrNO2/c1-3-16(15-11-13(18)7-9-17(15)20)19-12(2)6-8-14-5-4-10-21-14/h4-5,7,9-12,16,19-20H,3,6,8H2,1-2H3. The van der Waals surface area contributed by atoms with E-state index in [4.69, 9.17) is 4.42 Å². The topological polar surface area (TPSA) is 45.4 Å². The Labute approximate surface area is 134 Å². The molecular formula is C17H22BrNO2. The molecule has 0 bridgehead atoms. The van der Waals surface area contributed by atoms with Gasteiger partial charge in [-0.15, -0.1) is 0 Å². The molecule has 0 amide bonds. The molecule has 1 aromatic heterocycles. The van der Waals surface area contributed by atoms with Crippen molar-refractivity contribution in [2.24, 2.45) is 0 Å². The fourth-order valence-electron chi connectivity index (χ4n) is 2.47. The van der Waals surface area contributed by atoms with Crippen LogP contribution in [0.4, 0.5) is 0 Å². The second-order valence-electron chi connectivity index (χ2n) is 5.35. The molecule has 2 N–H and O–H groups in total. The molecule has 2 atom stereocenters. The van der Waals surface area contributed by atoms with E-state index in [1.54, 1.807) is 12.3 Å². The summed E-state index contributed by atoms with van der Waals surface area (Å²) < 4.78 is 6.35. The van der Waals surface area contributed by atoms with Gasteiger partial charge in [-0.3, -0.25) is 0 Å². The van der Waals surface area contributed by atoms with E-state index < -0.39 is 0 Å². The van der Waals surface area contributed by atoms with Crippen LogP contribution in [0.1, 0.15) is 44.1 Å². The zero-order chi connectivity index (χ0) is 15.2. The number of phenols is 1. The molecule has 2 rings (SSSR count). The van der Waals surface area contributed by atoms with Crippen LogP contribution < -0.4 is 5.32 Å². The molecule has 0 spiro atoms. The summed E-state index contributed by atoms with van der Waals surface area (Å²) in [6, 6.07) is 9.98. The Hall–Kier alpha value is -1.26. The number of nitrogens with one attached hydrogen (secondary N) is 1. The highest BCUT2D eigenvalue weighted by Gasteiger charge is 2.16. The first-order valence-corrected chi connectivity index (χ1v) is 8.16. The molecule has 3 nitrogen and oxygen atoms in total. The van der Waals surface area contributed by atoms with Gasteiger partial charge >= 0.3 is 0 Å². The number of hydrogen-bond donors (Lipinski definition) is 2. The van der Waals surface area contributed by atoms with Crippen LogP contribution in [0.5, 0.6) is 5.75 Å². The van der Waals surface area contributed by atoms with Crippen LogP contribution >= 0.6 is 15.9 Å². The number of hydrogen-bond acceptors (Lipinski definition) is 3. The molecule has 1 heterocycles. The minimum absolute atomic E-state index is 0.147. The van der Waals surface area contributed by atoms with Crippen LogP contribution in [0, 0.1) is 0 Å². The molecule has 114 valence electrons. The van der Waals surface area contributed by atoms with Crippen molar-refractivity contribution in [1.82, 2.24) is 5.32 Å². The summed E-state index contributed by atoms with van der Waals surface area (Å²) in [4.78, 5) is 0. The normalized spacial score (nSPS) is 14.0. The molecule has 21 heavy (non-hydrogen) atoms. The number of aromatic hydroxyl groups is 1. The van der Waals surface area contributed by atoms with E-state index in [1.807, 2.05) is 24.3 Å². The van der Waals surface area contributed by atoms with Gasteiger partial charge in [0.05, 0.1) is 6.26 Å². The number of rotatable bonds is 7. The lowest BCUT2D eigenvalue weighted by Crippen LogP contribution is -2.30. The number of furan rings is 1. The van der Waals surface area contributed by atoms with Crippen molar-refractivity contribution in [3.05, 3.63) is 52.4 Å². The smallest absolute Gasteiger partial charge is 0.120 e. The molecule has 4 heteroatoms. The Morgan fingerprint density at radius 3 is 2.81 bits per heavy atom. The molecule has 0 aliphatic heterocycles. The number of aryl methyl sites for hydroxylation is 1. The van der Waals surface area contributed by atoms with E-state index in [-0.39, 0.29) is 6.04 Å². The number of phenolic OH excluding ortho intramolecular Hbond substituents is 1. The lowest BCUT2D eigenvalue weighted by atomic mass is 10.0. The van der Waals surface area contributed by atoms with Gasteiger partial charge in [-0.2, -0.15) is 0 Å². The average Bonchev–Trinajstić information content (AvgIpc) is 2.98. The summed E-state index contributed by atoms with van der Waals surface area (Å²) in [5.74, 6) is 1.36. The molecule has 2 aromatic rings. The van der Waals surface area contributed by atoms with Crippen molar-refractivity contribution in [2.45, 2.75) is 45.2 Å². The van der Waals surface area contributed by atoms with Crippen molar-refractivity contribution in [3.63, 3.8) is 0 Å². The summed E-state index contributed by atoms with van der Waals surface area (Å²) in [5, 5.41) is 13.6. The first-order valence-electron chi connectivity index (χ1n) is 7.37. The zero-order valence-corrected chi connectivity index (χ0v) is 14.1. The fourth-order valence-corrected chi connectivity index (χ4v) is 2.85. The first kappa shape index (κ1) is 16.1. The van der Waals surface area contributed by atoms with E-state index >= 15 is 0 Å². The van der Waals surface area contributed by atoms with Gasteiger partial charge < -0.3 is 14.8 Å². The Morgan fingerprint density at radius 2 is 2.14 bits per heavy atom.